The molecule has 2 aliphatic rings. The molecule has 0 saturated carbocycles. The number of nitrogens with one attached hydrogen (secondary N) is 1. The van der Waals surface area contributed by atoms with Crippen LogP contribution in [0.3, 0.4) is 0 Å². The van der Waals surface area contributed by atoms with Gasteiger partial charge in [-0.25, -0.2) is 4.39 Å². The zero-order valence-corrected chi connectivity index (χ0v) is 16.0. The van der Waals surface area contributed by atoms with Gasteiger partial charge in [0.1, 0.15) is 5.82 Å². The summed E-state index contributed by atoms with van der Waals surface area (Å²) in [5.74, 6) is -0.260. The number of hydrogen-bond acceptors (Lipinski definition) is 4. The van der Waals surface area contributed by atoms with Gasteiger partial charge in [-0.3, -0.25) is 14.5 Å². The third-order valence-electron chi connectivity index (χ3n) is 5.07. The highest BCUT2D eigenvalue weighted by atomic mass is 35.5. The zero-order chi connectivity index (χ0) is 19.2. The molecule has 0 unspecified atom stereocenters. The summed E-state index contributed by atoms with van der Waals surface area (Å²) in [6.45, 7) is 4.14. The van der Waals surface area contributed by atoms with Crippen molar-refractivity contribution in [2.45, 2.75) is 19.3 Å². The fourth-order valence-electron chi connectivity index (χ4n) is 3.52. The smallest absolute Gasteiger partial charge is 0.244 e. The number of benzene rings is 1. The Morgan fingerprint density at radius 2 is 2.04 bits per heavy atom. The van der Waals surface area contributed by atoms with Crippen LogP contribution in [0.4, 0.5) is 10.1 Å². The highest BCUT2D eigenvalue weighted by Crippen LogP contribution is 2.20. The Hall–Kier alpha value is -1.70. The SMILES string of the molecule is O=C(CN1CCN(CCC2CCOCC2)CC1=O)Nc1cc(F)cc(Cl)c1. The van der Waals surface area contributed by atoms with Crippen molar-refractivity contribution in [3.8, 4) is 0 Å². The van der Waals surface area contributed by atoms with Crippen LogP contribution in [-0.2, 0) is 14.3 Å². The highest BCUT2D eigenvalue weighted by molar-refractivity contribution is 6.30. The Balaban J connectivity index is 1.42. The van der Waals surface area contributed by atoms with E-state index in [1.54, 1.807) is 4.90 Å². The lowest BCUT2D eigenvalue weighted by atomic mass is 9.96. The molecule has 0 atom stereocenters. The summed E-state index contributed by atoms with van der Waals surface area (Å²) < 4.78 is 18.7. The van der Waals surface area contributed by atoms with E-state index in [1.165, 1.54) is 18.2 Å². The number of nitrogens with zero attached hydrogens (tertiary/aromatic N) is 2. The topological polar surface area (TPSA) is 61.9 Å². The minimum absolute atomic E-state index is 0.0409. The normalized spacial score (nSPS) is 19.3. The van der Waals surface area contributed by atoms with Gasteiger partial charge >= 0.3 is 0 Å². The van der Waals surface area contributed by atoms with Crippen LogP contribution < -0.4 is 5.32 Å². The predicted molar refractivity (Wildman–Crippen MR) is 101 cm³/mol. The molecule has 1 aromatic carbocycles. The average Bonchev–Trinajstić information content (AvgIpc) is 2.62. The molecule has 0 radical (unpaired) electrons. The minimum atomic E-state index is -0.521. The van der Waals surface area contributed by atoms with E-state index in [-0.39, 0.29) is 29.1 Å². The number of rotatable bonds is 6. The number of carbonyl (C=O) groups excluding carboxylic acids is 2. The molecule has 2 saturated heterocycles. The number of anilines is 1. The summed E-state index contributed by atoms with van der Waals surface area (Å²) in [5.41, 5.74) is 0.285. The third-order valence-corrected chi connectivity index (χ3v) is 5.29. The zero-order valence-electron chi connectivity index (χ0n) is 15.3. The molecule has 2 fully saturated rings. The second-order valence-corrected chi connectivity index (χ2v) is 7.58. The van der Waals surface area contributed by atoms with Crippen LogP contribution in [0.25, 0.3) is 0 Å². The molecule has 8 heteroatoms. The maximum absolute atomic E-state index is 13.3. The van der Waals surface area contributed by atoms with Gasteiger partial charge in [-0.2, -0.15) is 0 Å². The molecule has 1 aromatic rings. The molecule has 27 heavy (non-hydrogen) atoms. The number of halogens is 2. The molecule has 6 nitrogen and oxygen atoms in total. The number of amides is 2. The number of hydrogen-bond donors (Lipinski definition) is 1. The predicted octanol–water partition coefficient (Wildman–Crippen LogP) is 2.38. The highest BCUT2D eigenvalue weighted by Gasteiger charge is 2.26. The van der Waals surface area contributed by atoms with E-state index in [9.17, 15) is 14.0 Å². The number of ether oxygens (including phenoxy) is 1. The van der Waals surface area contributed by atoms with Crippen LogP contribution in [0.2, 0.25) is 5.02 Å². The molecule has 0 bridgehead atoms. The van der Waals surface area contributed by atoms with Crippen LogP contribution in [0.15, 0.2) is 18.2 Å². The van der Waals surface area contributed by atoms with Crippen molar-refractivity contribution in [2.75, 3.05) is 51.3 Å². The maximum Gasteiger partial charge on any atom is 0.244 e. The van der Waals surface area contributed by atoms with E-state index in [4.69, 9.17) is 16.3 Å². The van der Waals surface area contributed by atoms with Crippen LogP contribution in [0.1, 0.15) is 19.3 Å². The first-order chi connectivity index (χ1) is 13.0. The second-order valence-electron chi connectivity index (χ2n) is 7.14. The van der Waals surface area contributed by atoms with E-state index in [0.717, 1.165) is 45.6 Å². The fourth-order valence-corrected chi connectivity index (χ4v) is 3.74. The first kappa shape index (κ1) is 20.0. The quantitative estimate of drug-likeness (QED) is 0.800. The van der Waals surface area contributed by atoms with Crippen molar-refractivity contribution in [3.05, 3.63) is 29.0 Å². The lowest BCUT2D eigenvalue weighted by molar-refractivity contribution is -0.139. The van der Waals surface area contributed by atoms with Crippen molar-refractivity contribution >= 4 is 29.1 Å². The van der Waals surface area contributed by atoms with Crippen LogP contribution in [0.5, 0.6) is 0 Å². The monoisotopic (exact) mass is 397 g/mol. The number of piperazine rings is 1. The molecule has 0 aliphatic carbocycles. The summed E-state index contributed by atoms with van der Waals surface area (Å²) in [4.78, 5) is 28.2. The van der Waals surface area contributed by atoms with Crippen molar-refractivity contribution < 1.29 is 18.7 Å². The minimum Gasteiger partial charge on any atom is -0.381 e. The molecular formula is C19H25ClFN3O3. The lowest BCUT2D eigenvalue weighted by Gasteiger charge is -2.35. The molecule has 2 amide bonds. The van der Waals surface area contributed by atoms with Crippen molar-refractivity contribution in [1.29, 1.82) is 0 Å². The van der Waals surface area contributed by atoms with Gasteiger partial charge in [0.05, 0.1) is 13.1 Å². The molecule has 1 N–H and O–H groups in total. The van der Waals surface area contributed by atoms with E-state index >= 15 is 0 Å². The summed E-state index contributed by atoms with van der Waals surface area (Å²) in [5, 5.41) is 2.80. The maximum atomic E-state index is 13.3. The van der Waals surface area contributed by atoms with Gasteiger partial charge in [0, 0.05) is 37.0 Å². The van der Waals surface area contributed by atoms with Crippen molar-refractivity contribution in [2.24, 2.45) is 5.92 Å². The van der Waals surface area contributed by atoms with Crippen molar-refractivity contribution in [3.63, 3.8) is 0 Å². The van der Waals surface area contributed by atoms with E-state index in [2.05, 4.69) is 10.2 Å². The molecule has 0 spiro atoms. The van der Waals surface area contributed by atoms with Gasteiger partial charge in [-0.05, 0) is 49.9 Å². The summed E-state index contributed by atoms with van der Waals surface area (Å²) in [7, 11) is 0. The largest absolute Gasteiger partial charge is 0.381 e. The van der Waals surface area contributed by atoms with Gasteiger partial charge in [-0.1, -0.05) is 11.6 Å². The Bertz CT molecular complexity index is 662. The fraction of sp³-hybridized carbons (Fsp3) is 0.579. The number of carbonyl (C=O) groups is 2. The van der Waals surface area contributed by atoms with Crippen LogP contribution in [-0.4, -0.2) is 67.6 Å². The van der Waals surface area contributed by atoms with Gasteiger partial charge in [0.2, 0.25) is 11.8 Å². The van der Waals surface area contributed by atoms with Crippen LogP contribution in [0, 0.1) is 11.7 Å². The summed E-state index contributed by atoms with van der Waals surface area (Å²) >= 11 is 5.78. The average molecular weight is 398 g/mol. The molecule has 0 aromatic heterocycles. The summed E-state index contributed by atoms with van der Waals surface area (Å²) in [6, 6.07) is 3.83. The Morgan fingerprint density at radius 1 is 1.26 bits per heavy atom. The Morgan fingerprint density at radius 3 is 2.74 bits per heavy atom. The van der Waals surface area contributed by atoms with Crippen molar-refractivity contribution in [1.82, 2.24) is 9.80 Å². The molecular weight excluding hydrogens is 373 g/mol. The van der Waals surface area contributed by atoms with E-state index in [0.29, 0.717) is 19.0 Å². The van der Waals surface area contributed by atoms with E-state index in [1.807, 2.05) is 0 Å². The second kappa shape index (κ2) is 9.48. The Labute approximate surface area is 163 Å². The van der Waals surface area contributed by atoms with Gasteiger partial charge < -0.3 is 15.0 Å². The molecule has 2 heterocycles. The standard InChI is InChI=1S/C19H25ClFN3O3/c20-15-9-16(21)11-17(10-15)22-18(25)12-24-6-5-23(13-19(24)26)4-1-14-2-7-27-8-3-14/h9-11,14H,1-8,12-13H2,(H,22,25). The summed E-state index contributed by atoms with van der Waals surface area (Å²) in [6.07, 6.45) is 3.27. The van der Waals surface area contributed by atoms with Gasteiger partial charge in [0.15, 0.2) is 0 Å². The first-order valence-corrected chi connectivity index (χ1v) is 9.71. The lowest BCUT2D eigenvalue weighted by Crippen LogP contribution is -2.52. The molecule has 2 aliphatic heterocycles. The Kier molecular flexibility index (Phi) is 7.04. The molecule has 3 rings (SSSR count). The molecule has 148 valence electrons. The van der Waals surface area contributed by atoms with Crippen LogP contribution >= 0.6 is 11.6 Å². The van der Waals surface area contributed by atoms with E-state index < -0.39 is 5.82 Å². The van der Waals surface area contributed by atoms with Gasteiger partial charge in [-0.15, -0.1) is 0 Å². The first-order valence-electron chi connectivity index (χ1n) is 9.33. The third kappa shape index (κ3) is 6.16. The van der Waals surface area contributed by atoms with Gasteiger partial charge in [0.25, 0.3) is 0 Å².